The molecule has 1 aliphatic heterocycles. The zero-order valence-electron chi connectivity index (χ0n) is 19.6. The van der Waals surface area contributed by atoms with Crippen LogP contribution in [0.15, 0.2) is 42.6 Å². The minimum absolute atomic E-state index is 0.0645. The van der Waals surface area contributed by atoms with Crippen LogP contribution >= 0.6 is 0 Å². The van der Waals surface area contributed by atoms with Crippen molar-refractivity contribution in [1.29, 1.82) is 0 Å². The maximum atomic E-state index is 12.8. The summed E-state index contributed by atoms with van der Waals surface area (Å²) in [5.74, 6) is -0.888. The highest BCUT2D eigenvalue weighted by molar-refractivity contribution is 7.89. The number of nitrogens with zero attached hydrogens (tertiary/aromatic N) is 2. The molecular weight excluding hydrogens is 452 g/mol. The molecule has 0 bridgehead atoms. The van der Waals surface area contributed by atoms with Gasteiger partial charge in [0.1, 0.15) is 28.8 Å². The van der Waals surface area contributed by atoms with Crippen molar-refractivity contribution in [3.63, 3.8) is 0 Å². The number of β-amino-alcohol motifs (C(OH)–C–C–N with tert-alkyl or cyclic N) is 1. The Balaban J connectivity index is 2.42. The van der Waals surface area contributed by atoms with E-state index in [1.807, 2.05) is 0 Å². The number of sulfonamides is 1. The normalized spacial score (nSPS) is 20.8. The van der Waals surface area contributed by atoms with Gasteiger partial charge in [0, 0.05) is 0 Å². The largest absolute Gasteiger partial charge is 0.485 e. The molecule has 2 atom stereocenters. The number of aliphatic hydroxyl groups is 1. The van der Waals surface area contributed by atoms with Crippen molar-refractivity contribution in [3.8, 4) is 5.75 Å². The molecule has 2 rings (SSSR count). The molecule has 33 heavy (non-hydrogen) atoms. The van der Waals surface area contributed by atoms with Crippen LogP contribution in [0.4, 0.5) is 4.79 Å². The van der Waals surface area contributed by atoms with Crippen LogP contribution in [-0.4, -0.2) is 84.6 Å². The monoisotopic (exact) mass is 484 g/mol. The molecule has 1 fully saturated rings. The lowest BCUT2D eigenvalue weighted by Gasteiger charge is -2.35. The maximum absolute atomic E-state index is 12.8. The Kier molecular flexibility index (Phi) is 8.02. The van der Waals surface area contributed by atoms with Gasteiger partial charge in [-0.25, -0.2) is 18.0 Å². The van der Waals surface area contributed by atoms with Crippen LogP contribution in [0.1, 0.15) is 27.7 Å². The van der Waals surface area contributed by atoms with E-state index in [1.165, 1.54) is 11.8 Å². The van der Waals surface area contributed by atoms with Crippen molar-refractivity contribution in [2.45, 2.75) is 45.0 Å². The topological polar surface area (TPSA) is 123 Å². The van der Waals surface area contributed by atoms with Crippen LogP contribution in [0.25, 0.3) is 0 Å². The van der Waals surface area contributed by atoms with Gasteiger partial charge in [-0.2, -0.15) is 0 Å². The van der Waals surface area contributed by atoms with E-state index in [4.69, 9.17) is 9.47 Å². The number of amides is 1. The third-order valence-electron chi connectivity index (χ3n) is 4.96. The van der Waals surface area contributed by atoms with E-state index in [1.54, 1.807) is 51.1 Å². The molecule has 0 aromatic heterocycles. The highest BCUT2D eigenvalue weighted by atomic mass is 32.2. The number of esters is 1. The molecular formula is C22H32N2O8S. The number of hydrogen-bond acceptors (Lipinski definition) is 8. The highest BCUT2D eigenvalue weighted by Gasteiger charge is 2.52. The fraction of sp³-hybridized carbons (Fsp3) is 0.545. The Morgan fingerprint density at radius 2 is 1.88 bits per heavy atom. The van der Waals surface area contributed by atoms with Gasteiger partial charge in [0.25, 0.3) is 0 Å². The zero-order chi connectivity index (χ0) is 25.0. The minimum Gasteiger partial charge on any atom is -0.485 e. The summed E-state index contributed by atoms with van der Waals surface area (Å²) in [5, 5.41) is 11.6. The van der Waals surface area contributed by atoms with Gasteiger partial charge in [-0.15, -0.1) is 0 Å². The van der Waals surface area contributed by atoms with Crippen molar-refractivity contribution in [2.24, 2.45) is 0 Å². The molecule has 1 aromatic carbocycles. The molecule has 0 radical (unpaired) electrons. The van der Waals surface area contributed by atoms with Gasteiger partial charge in [-0.05, 0) is 39.8 Å². The summed E-state index contributed by atoms with van der Waals surface area (Å²) in [4.78, 5) is 26.0. The van der Waals surface area contributed by atoms with Crippen molar-refractivity contribution in [3.05, 3.63) is 42.6 Å². The first kappa shape index (κ1) is 26.5. The van der Waals surface area contributed by atoms with Crippen LogP contribution < -0.4 is 4.74 Å². The molecule has 1 aromatic rings. The molecule has 1 heterocycles. The Bertz CT molecular complexity index is 974. The number of benzene rings is 1. The molecule has 11 heteroatoms. The van der Waals surface area contributed by atoms with Crippen LogP contribution in [0.5, 0.6) is 5.75 Å². The highest BCUT2D eigenvalue weighted by Crippen LogP contribution is 2.31. The first-order chi connectivity index (χ1) is 15.2. The molecule has 0 unspecified atom stereocenters. The third-order valence-corrected chi connectivity index (χ3v) is 6.71. The zero-order valence-corrected chi connectivity index (χ0v) is 20.4. The summed E-state index contributed by atoms with van der Waals surface area (Å²) < 4.78 is 42.2. The maximum Gasteiger partial charge on any atom is 0.410 e. The lowest BCUT2D eigenvalue weighted by molar-refractivity contribution is -0.137. The molecule has 1 N–H and O–H groups in total. The fourth-order valence-electron chi connectivity index (χ4n) is 3.28. The summed E-state index contributed by atoms with van der Waals surface area (Å²) in [5.41, 5.74) is -3.11. The van der Waals surface area contributed by atoms with Gasteiger partial charge in [0.2, 0.25) is 10.0 Å². The van der Waals surface area contributed by atoms with Crippen LogP contribution in [0.3, 0.4) is 0 Å². The van der Waals surface area contributed by atoms with Crippen molar-refractivity contribution < 1.29 is 37.3 Å². The van der Waals surface area contributed by atoms with Gasteiger partial charge in [-0.1, -0.05) is 24.8 Å². The molecule has 1 aliphatic rings. The number of rotatable bonds is 8. The van der Waals surface area contributed by atoms with Crippen LogP contribution in [0.2, 0.25) is 0 Å². The molecule has 0 saturated carbocycles. The van der Waals surface area contributed by atoms with Crippen LogP contribution in [0, 0.1) is 0 Å². The standard InChI is InChI=1S/C22H32N2O8S/c1-7-33(28,29)24(16(2)19(25)30-6)15-22(27)14-23(20(26)32-21(3,4)5)13-18(22)31-17-11-9-8-10-12-17/h8-12,18,27H,2,7,13-15H2,1,3-6H3/t18-,22+/m0/s1. The molecule has 0 spiro atoms. The lowest BCUT2D eigenvalue weighted by atomic mass is 10.00. The van der Waals surface area contributed by atoms with Gasteiger partial charge >= 0.3 is 12.1 Å². The predicted molar refractivity (Wildman–Crippen MR) is 121 cm³/mol. The quantitative estimate of drug-likeness (QED) is 0.437. The second kappa shape index (κ2) is 10.0. The van der Waals surface area contributed by atoms with E-state index in [9.17, 15) is 23.1 Å². The second-order valence-corrected chi connectivity index (χ2v) is 10.9. The smallest absolute Gasteiger partial charge is 0.410 e. The second-order valence-electron chi connectivity index (χ2n) is 8.73. The summed E-state index contributed by atoms with van der Waals surface area (Å²) in [6, 6.07) is 8.61. The first-order valence-electron chi connectivity index (χ1n) is 10.4. The number of para-hydroxylation sites is 1. The third kappa shape index (κ3) is 6.61. The number of likely N-dealkylation sites (tertiary alicyclic amines) is 1. The average Bonchev–Trinajstić information content (AvgIpc) is 3.07. The van der Waals surface area contributed by atoms with Crippen molar-refractivity contribution in [2.75, 3.05) is 32.5 Å². The van der Waals surface area contributed by atoms with E-state index in [0.717, 1.165) is 7.11 Å². The molecule has 1 saturated heterocycles. The summed E-state index contributed by atoms with van der Waals surface area (Å²) in [6.07, 6.45) is -1.70. The van der Waals surface area contributed by atoms with Gasteiger partial charge in [0.15, 0.2) is 0 Å². The number of methoxy groups -OCH3 is 1. The molecule has 10 nitrogen and oxygen atoms in total. The number of carbonyl (C=O) groups is 2. The van der Waals surface area contributed by atoms with Gasteiger partial charge in [-0.3, -0.25) is 4.31 Å². The van der Waals surface area contributed by atoms with E-state index >= 15 is 0 Å². The van der Waals surface area contributed by atoms with Crippen molar-refractivity contribution >= 4 is 22.1 Å². The summed E-state index contributed by atoms with van der Waals surface area (Å²) in [7, 11) is -2.92. The van der Waals surface area contributed by atoms with E-state index < -0.39 is 51.6 Å². The number of ether oxygens (including phenoxy) is 3. The SMILES string of the molecule is C=C(C(=O)OC)N(C[C@]1(O)CN(C(=O)OC(C)(C)C)C[C@@H]1Oc1ccccc1)S(=O)(=O)CC. The average molecular weight is 485 g/mol. The summed E-state index contributed by atoms with van der Waals surface area (Å²) >= 11 is 0. The Hall–Kier alpha value is -2.79. The van der Waals surface area contributed by atoms with Crippen molar-refractivity contribution in [1.82, 2.24) is 9.21 Å². The fourth-order valence-corrected chi connectivity index (χ4v) is 4.42. The molecule has 184 valence electrons. The Labute approximate surface area is 194 Å². The van der Waals surface area contributed by atoms with Gasteiger partial charge < -0.3 is 24.2 Å². The minimum atomic E-state index is -4.02. The molecule has 1 amide bonds. The van der Waals surface area contributed by atoms with Gasteiger partial charge in [0.05, 0.1) is 32.5 Å². The first-order valence-corrected chi connectivity index (χ1v) is 12.0. The molecule has 0 aliphatic carbocycles. The predicted octanol–water partition coefficient (Wildman–Crippen LogP) is 1.75. The number of carbonyl (C=O) groups excluding carboxylic acids is 2. The lowest BCUT2D eigenvalue weighted by Crippen LogP contribution is -2.55. The Morgan fingerprint density at radius 1 is 1.27 bits per heavy atom. The Morgan fingerprint density at radius 3 is 2.39 bits per heavy atom. The number of hydrogen-bond donors (Lipinski definition) is 1. The summed E-state index contributed by atoms with van der Waals surface area (Å²) in [6.45, 7) is 9.14. The van der Waals surface area contributed by atoms with E-state index in [-0.39, 0.29) is 18.8 Å². The van der Waals surface area contributed by atoms with E-state index in [2.05, 4.69) is 11.3 Å². The van der Waals surface area contributed by atoms with Crippen LogP contribution in [-0.2, 0) is 24.3 Å². The van der Waals surface area contributed by atoms with E-state index in [0.29, 0.717) is 10.1 Å².